The molecule has 2 fully saturated rings. The zero-order chi connectivity index (χ0) is 17.8. The Kier molecular flexibility index (Phi) is 5.65. The van der Waals surface area contributed by atoms with Gasteiger partial charge in [-0.15, -0.1) is 0 Å². The lowest BCUT2D eigenvalue weighted by Gasteiger charge is -2.35. The average molecular weight is 354 g/mol. The lowest BCUT2D eigenvalue weighted by atomic mass is 9.85. The van der Waals surface area contributed by atoms with E-state index in [1.54, 1.807) is 0 Å². The molecule has 0 unspecified atom stereocenters. The molecule has 5 heteroatoms. The average Bonchev–Trinajstić information content (AvgIpc) is 3.14. The van der Waals surface area contributed by atoms with Crippen LogP contribution in [0, 0.1) is 6.92 Å². The molecule has 3 heterocycles. The lowest BCUT2D eigenvalue weighted by Crippen LogP contribution is -2.45. The summed E-state index contributed by atoms with van der Waals surface area (Å²) in [5, 5.41) is 7.69. The summed E-state index contributed by atoms with van der Waals surface area (Å²) in [6.45, 7) is 8.66. The van der Waals surface area contributed by atoms with Crippen molar-refractivity contribution in [2.75, 3.05) is 26.2 Å². The monoisotopic (exact) mass is 353 g/mol. The van der Waals surface area contributed by atoms with Gasteiger partial charge in [0.15, 0.2) is 0 Å². The first-order chi connectivity index (χ1) is 12.8. The summed E-state index contributed by atoms with van der Waals surface area (Å²) in [6, 6.07) is 4.18. The van der Waals surface area contributed by atoms with Crippen LogP contribution < -0.4 is 0 Å². The molecule has 26 heavy (non-hydrogen) atoms. The normalized spacial score (nSPS) is 20.5. The van der Waals surface area contributed by atoms with E-state index in [1.807, 2.05) is 12.3 Å². The summed E-state index contributed by atoms with van der Waals surface area (Å²) < 4.78 is 0. The first-order valence-corrected chi connectivity index (χ1v) is 10.2. The third-order valence-corrected chi connectivity index (χ3v) is 6.11. The molecule has 0 bridgehead atoms. The maximum absolute atomic E-state index is 4.55. The Labute approximate surface area is 156 Å². The van der Waals surface area contributed by atoms with Gasteiger partial charge in [-0.25, -0.2) is 0 Å². The van der Waals surface area contributed by atoms with Gasteiger partial charge in [0.05, 0.1) is 11.9 Å². The van der Waals surface area contributed by atoms with Crippen molar-refractivity contribution >= 4 is 0 Å². The number of aryl methyl sites for hydroxylation is 1. The van der Waals surface area contributed by atoms with Crippen LogP contribution in [0.3, 0.4) is 0 Å². The summed E-state index contributed by atoms with van der Waals surface area (Å²) in [7, 11) is 0. The fourth-order valence-electron chi connectivity index (χ4n) is 4.43. The molecule has 0 spiro atoms. The molecule has 4 rings (SSSR count). The third-order valence-electron chi connectivity index (χ3n) is 6.11. The number of hydrogen-bond donors (Lipinski definition) is 1. The predicted octanol–water partition coefficient (Wildman–Crippen LogP) is 3.48. The molecule has 5 nitrogen and oxygen atoms in total. The Balaban J connectivity index is 1.30. The van der Waals surface area contributed by atoms with Gasteiger partial charge in [-0.1, -0.05) is 25.3 Å². The predicted molar refractivity (Wildman–Crippen MR) is 104 cm³/mol. The lowest BCUT2D eigenvalue weighted by molar-refractivity contribution is 0.120. The smallest absolute Gasteiger partial charge is 0.0573 e. The van der Waals surface area contributed by atoms with Crippen molar-refractivity contribution in [3.8, 4) is 0 Å². The minimum atomic E-state index is 0.703. The van der Waals surface area contributed by atoms with Crippen LogP contribution in [0.25, 0.3) is 0 Å². The number of rotatable bonds is 5. The summed E-state index contributed by atoms with van der Waals surface area (Å²) in [5.74, 6) is 0.703. The van der Waals surface area contributed by atoms with Gasteiger partial charge in [-0.3, -0.25) is 19.9 Å². The Bertz CT molecular complexity index is 696. The van der Waals surface area contributed by atoms with Crippen LogP contribution in [-0.2, 0) is 13.1 Å². The quantitative estimate of drug-likeness (QED) is 0.894. The van der Waals surface area contributed by atoms with Crippen LogP contribution in [-0.4, -0.2) is 51.2 Å². The van der Waals surface area contributed by atoms with Gasteiger partial charge in [0.2, 0.25) is 0 Å². The highest BCUT2D eigenvalue weighted by atomic mass is 15.3. The van der Waals surface area contributed by atoms with Crippen molar-refractivity contribution in [2.45, 2.75) is 58.0 Å². The minimum absolute atomic E-state index is 0.703. The molecule has 1 N–H and O–H groups in total. The second-order valence-electron chi connectivity index (χ2n) is 7.96. The van der Waals surface area contributed by atoms with Crippen molar-refractivity contribution in [1.82, 2.24) is 25.0 Å². The van der Waals surface area contributed by atoms with Crippen molar-refractivity contribution < 1.29 is 0 Å². The summed E-state index contributed by atoms with van der Waals surface area (Å²) in [5.41, 5.74) is 5.35. The molecule has 2 aliphatic rings. The molecular weight excluding hydrogens is 322 g/mol. The number of nitrogens with zero attached hydrogens (tertiary/aromatic N) is 4. The van der Waals surface area contributed by atoms with E-state index in [9.17, 15) is 0 Å². The van der Waals surface area contributed by atoms with Gasteiger partial charge in [0.25, 0.3) is 0 Å². The number of pyridine rings is 1. The van der Waals surface area contributed by atoms with Crippen LogP contribution >= 0.6 is 0 Å². The molecule has 1 aliphatic heterocycles. The third kappa shape index (κ3) is 4.15. The first kappa shape index (κ1) is 17.7. The number of H-pyrrole nitrogens is 1. The van der Waals surface area contributed by atoms with Crippen LogP contribution in [0.5, 0.6) is 0 Å². The minimum Gasteiger partial charge on any atom is -0.296 e. The molecule has 0 aromatic carbocycles. The van der Waals surface area contributed by atoms with E-state index in [1.165, 1.54) is 54.6 Å². The Morgan fingerprint density at radius 1 is 1.04 bits per heavy atom. The van der Waals surface area contributed by atoms with E-state index in [-0.39, 0.29) is 0 Å². The highest BCUT2D eigenvalue weighted by Gasteiger charge is 2.23. The number of nitrogens with one attached hydrogen (secondary N) is 1. The molecule has 140 valence electrons. The van der Waals surface area contributed by atoms with E-state index in [2.05, 4.69) is 44.2 Å². The highest BCUT2D eigenvalue weighted by Crippen LogP contribution is 2.33. The topological polar surface area (TPSA) is 48.1 Å². The van der Waals surface area contributed by atoms with Gasteiger partial charge in [-0.05, 0) is 31.4 Å². The fourth-order valence-corrected chi connectivity index (χ4v) is 4.43. The van der Waals surface area contributed by atoms with Crippen LogP contribution in [0.4, 0.5) is 0 Å². The standard InChI is InChI=1S/C21H31N5/c1-17-6-5-9-22-20(17)16-26-12-10-25(11-13-26)15-19-14-23-24-21(19)18-7-3-2-4-8-18/h5-6,9,14,18H,2-4,7-8,10-13,15-16H2,1H3,(H,23,24). The summed E-state index contributed by atoms with van der Waals surface area (Å²) >= 11 is 0. The van der Waals surface area contributed by atoms with Crippen LogP contribution in [0.1, 0.15) is 60.5 Å². The van der Waals surface area contributed by atoms with Crippen molar-refractivity contribution in [2.24, 2.45) is 0 Å². The fraction of sp³-hybridized carbons (Fsp3) is 0.619. The number of piperazine rings is 1. The van der Waals surface area contributed by atoms with Gasteiger partial charge < -0.3 is 0 Å². The Hall–Kier alpha value is -1.72. The first-order valence-electron chi connectivity index (χ1n) is 10.2. The highest BCUT2D eigenvalue weighted by molar-refractivity contribution is 5.21. The molecule has 2 aromatic rings. The zero-order valence-corrected chi connectivity index (χ0v) is 16.0. The van der Waals surface area contributed by atoms with Crippen molar-refractivity contribution in [3.05, 3.63) is 47.0 Å². The van der Waals surface area contributed by atoms with E-state index in [0.29, 0.717) is 5.92 Å². The van der Waals surface area contributed by atoms with Crippen molar-refractivity contribution in [1.29, 1.82) is 0 Å². The molecule has 1 aliphatic carbocycles. The maximum atomic E-state index is 4.55. The summed E-state index contributed by atoms with van der Waals surface area (Å²) in [4.78, 5) is 9.66. The van der Waals surface area contributed by atoms with Gasteiger partial charge in [0.1, 0.15) is 0 Å². The molecule has 1 saturated carbocycles. The van der Waals surface area contributed by atoms with Crippen LogP contribution in [0.2, 0.25) is 0 Å². The molecule has 0 radical (unpaired) electrons. The van der Waals surface area contributed by atoms with E-state index < -0.39 is 0 Å². The second-order valence-corrected chi connectivity index (χ2v) is 7.96. The summed E-state index contributed by atoms with van der Waals surface area (Å²) in [6.07, 6.45) is 10.8. The molecule has 0 amide bonds. The van der Waals surface area contributed by atoms with E-state index >= 15 is 0 Å². The largest absolute Gasteiger partial charge is 0.296 e. The molecule has 2 aromatic heterocycles. The Morgan fingerprint density at radius 2 is 1.77 bits per heavy atom. The van der Waals surface area contributed by atoms with Gasteiger partial charge >= 0.3 is 0 Å². The van der Waals surface area contributed by atoms with Crippen molar-refractivity contribution in [3.63, 3.8) is 0 Å². The number of aromatic amines is 1. The van der Waals surface area contributed by atoms with E-state index in [4.69, 9.17) is 0 Å². The SMILES string of the molecule is Cc1cccnc1CN1CCN(Cc2cn[nH]c2C2CCCCC2)CC1. The van der Waals surface area contributed by atoms with Crippen LogP contribution in [0.15, 0.2) is 24.5 Å². The number of aromatic nitrogens is 3. The maximum Gasteiger partial charge on any atom is 0.0573 e. The molecule has 0 atom stereocenters. The molecular formula is C21H31N5. The number of hydrogen-bond acceptors (Lipinski definition) is 4. The van der Waals surface area contributed by atoms with Gasteiger partial charge in [0, 0.05) is 62.6 Å². The van der Waals surface area contributed by atoms with Gasteiger partial charge in [-0.2, -0.15) is 5.10 Å². The molecule has 1 saturated heterocycles. The second kappa shape index (κ2) is 8.31. The Morgan fingerprint density at radius 3 is 2.50 bits per heavy atom. The zero-order valence-electron chi connectivity index (χ0n) is 16.0. The van der Waals surface area contributed by atoms with E-state index in [0.717, 1.165) is 39.3 Å².